The largest absolute Gasteiger partial charge is 0.511 e. The fraction of sp³-hybridized carbons (Fsp3) is 0.818. The van der Waals surface area contributed by atoms with Crippen molar-refractivity contribution in [2.45, 2.75) is 26.2 Å². The Balaban J connectivity index is 2.25. The molecule has 1 aliphatic heterocycles. The molecule has 0 spiro atoms. The van der Waals surface area contributed by atoms with Crippen LogP contribution in [-0.2, 0) is 0 Å². The first-order chi connectivity index (χ1) is 6.76. The third-order valence-corrected chi connectivity index (χ3v) is 2.87. The summed E-state index contributed by atoms with van der Waals surface area (Å²) < 4.78 is 0. The van der Waals surface area contributed by atoms with Crippen molar-refractivity contribution in [3.63, 3.8) is 0 Å². The van der Waals surface area contributed by atoms with Gasteiger partial charge in [-0.05, 0) is 50.9 Å². The standard InChI is InChI=1S/C11H22N2O/c1-2-3-11(14)9-13-6-4-10(8-12)5-7-13/h3,10,14H,2,4-9,12H2,1H3/b11-3-. The molecular formula is C11H22N2O. The maximum atomic E-state index is 9.52. The van der Waals surface area contributed by atoms with Crippen molar-refractivity contribution < 1.29 is 5.11 Å². The van der Waals surface area contributed by atoms with Gasteiger partial charge in [0.25, 0.3) is 0 Å². The summed E-state index contributed by atoms with van der Waals surface area (Å²) >= 11 is 0. The van der Waals surface area contributed by atoms with E-state index in [0.717, 1.165) is 26.1 Å². The van der Waals surface area contributed by atoms with Crippen molar-refractivity contribution in [3.8, 4) is 0 Å². The molecule has 3 N–H and O–H groups in total. The van der Waals surface area contributed by atoms with Gasteiger partial charge in [0, 0.05) is 0 Å². The average Bonchev–Trinajstić information content (AvgIpc) is 2.19. The van der Waals surface area contributed by atoms with Crippen molar-refractivity contribution in [3.05, 3.63) is 11.8 Å². The quantitative estimate of drug-likeness (QED) is 0.673. The summed E-state index contributed by atoms with van der Waals surface area (Å²) in [5.74, 6) is 1.21. The van der Waals surface area contributed by atoms with E-state index >= 15 is 0 Å². The van der Waals surface area contributed by atoms with Gasteiger partial charge in [0.05, 0.1) is 6.54 Å². The van der Waals surface area contributed by atoms with Crippen LogP contribution in [0.5, 0.6) is 0 Å². The van der Waals surface area contributed by atoms with Crippen molar-refractivity contribution in [1.82, 2.24) is 4.90 Å². The maximum Gasteiger partial charge on any atom is 0.102 e. The smallest absolute Gasteiger partial charge is 0.102 e. The number of hydrogen-bond acceptors (Lipinski definition) is 3. The summed E-state index contributed by atoms with van der Waals surface area (Å²) in [6, 6.07) is 0. The monoisotopic (exact) mass is 198 g/mol. The number of likely N-dealkylation sites (tertiary alicyclic amines) is 1. The highest BCUT2D eigenvalue weighted by atomic mass is 16.3. The van der Waals surface area contributed by atoms with Crippen molar-refractivity contribution in [2.75, 3.05) is 26.2 Å². The zero-order valence-electron chi connectivity index (χ0n) is 9.08. The van der Waals surface area contributed by atoms with Gasteiger partial charge < -0.3 is 10.8 Å². The van der Waals surface area contributed by atoms with E-state index in [1.165, 1.54) is 12.8 Å². The molecule has 1 aliphatic rings. The Morgan fingerprint density at radius 1 is 1.50 bits per heavy atom. The molecule has 0 atom stereocenters. The zero-order chi connectivity index (χ0) is 10.4. The van der Waals surface area contributed by atoms with E-state index in [1.807, 2.05) is 13.0 Å². The van der Waals surface area contributed by atoms with E-state index in [2.05, 4.69) is 4.90 Å². The van der Waals surface area contributed by atoms with E-state index in [9.17, 15) is 5.11 Å². The molecule has 0 aromatic rings. The number of piperidine rings is 1. The molecule has 3 nitrogen and oxygen atoms in total. The minimum atomic E-state index is 0.513. The molecular weight excluding hydrogens is 176 g/mol. The normalized spacial score (nSPS) is 21.4. The molecule has 0 amide bonds. The Morgan fingerprint density at radius 3 is 2.64 bits per heavy atom. The van der Waals surface area contributed by atoms with Gasteiger partial charge in [0.15, 0.2) is 0 Å². The number of hydrogen-bond donors (Lipinski definition) is 2. The Kier molecular flexibility index (Phi) is 4.98. The van der Waals surface area contributed by atoms with Crippen molar-refractivity contribution >= 4 is 0 Å². The Hall–Kier alpha value is -0.540. The molecule has 1 rings (SSSR count). The molecule has 0 unspecified atom stereocenters. The average molecular weight is 198 g/mol. The van der Waals surface area contributed by atoms with E-state index in [1.54, 1.807) is 0 Å². The van der Waals surface area contributed by atoms with Crippen LogP contribution in [0.2, 0.25) is 0 Å². The summed E-state index contributed by atoms with van der Waals surface area (Å²) in [4.78, 5) is 2.30. The molecule has 1 saturated heterocycles. The molecule has 0 saturated carbocycles. The minimum absolute atomic E-state index is 0.513. The van der Waals surface area contributed by atoms with Gasteiger partial charge in [-0.25, -0.2) is 0 Å². The molecule has 0 bridgehead atoms. The molecule has 0 aliphatic carbocycles. The van der Waals surface area contributed by atoms with Crippen LogP contribution in [0.25, 0.3) is 0 Å². The molecule has 0 aromatic heterocycles. The van der Waals surface area contributed by atoms with E-state index in [-0.39, 0.29) is 0 Å². The fourth-order valence-corrected chi connectivity index (χ4v) is 1.91. The SMILES string of the molecule is CC/C=C(\O)CN1CCC(CN)CC1. The summed E-state index contributed by atoms with van der Waals surface area (Å²) in [7, 11) is 0. The predicted octanol–water partition coefficient (Wildman–Crippen LogP) is 1.51. The summed E-state index contributed by atoms with van der Waals surface area (Å²) in [6.45, 7) is 5.71. The van der Waals surface area contributed by atoms with Crippen LogP contribution >= 0.6 is 0 Å². The van der Waals surface area contributed by atoms with Crippen LogP contribution in [-0.4, -0.2) is 36.2 Å². The third-order valence-electron chi connectivity index (χ3n) is 2.87. The summed E-state index contributed by atoms with van der Waals surface area (Å²) in [6.07, 6.45) is 5.14. The number of nitrogens with zero attached hydrogens (tertiary/aromatic N) is 1. The van der Waals surface area contributed by atoms with Gasteiger partial charge in [-0.3, -0.25) is 4.90 Å². The first-order valence-electron chi connectivity index (χ1n) is 5.56. The number of allylic oxidation sites excluding steroid dienone is 1. The second-order valence-electron chi connectivity index (χ2n) is 4.06. The van der Waals surface area contributed by atoms with Crippen LogP contribution in [0.3, 0.4) is 0 Å². The molecule has 82 valence electrons. The van der Waals surface area contributed by atoms with Gasteiger partial charge in [0.2, 0.25) is 0 Å². The van der Waals surface area contributed by atoms with Crippen LogP contribution in [0.4, 0.5) is 0 Å². The third kappa shape index (κ3) is 3.68. The lowest BCUT2D eigenvalue weighted by molar-refractivity contribution is 0.179. The van der Waals surface area contributed by atoms with Crippen LogP contribution in [0.15, 0.2) is 11.8 Å². The predicted molar refractivity (Wildman–Crippen MR) is 59.2 cm³/mol. The number of rotatable bonds is 4. The van der Waals surface area contributed by atoms with Crippen LogP contribution in [0.1, 0.15) is 26.2 Å². The summed E-state index contributed by atoms with van der Waals surface area (Å²) in [5, 5.41) is 9.52. The van der Waals surface area contributed by atoms with Gasteiger partial charge in [-0.2, -0.15) is 0 Å². The Morgan fingerprint density at radius 2 is 2.14 bits per heavy atom. The highest BCUT2D eigenvalue weighted by Gasteiger charge is 2.18. The molecule has 14 heavy (non-hydrogen) atoms. The molecule has 1 fully saturated rings. The second kappa shape index (κ2) is 6.04. The van der Waals surface area contributed by atoms with Crippen molar-refractivity contribution in [1.29, 1.82) is 0 Å². The molecule has 0 aromatic carbocycles. The minimum Gasteiger partial charge on any atom is -0.511 e. The van der Waals surface area contributed by atoms with Crippen LogP contribution in [0, 0.1) is 5.92 Å². The first-order valence-corrected chi connectivity index (χ1v) is 5.56. The highest BCUT2D eigenvalue weighted by molar-refractivity contribution is 4.93. The lowest BCUT2D eigenvalue weighted by Crippen LogP contribution is -2.37. The number of aliphatic hydroxyl groups is 1. The lowest BCUT2D eigenvalue weighted by atomic mass is 9.97. The number of aliphatic hydroxyl groups excluding tert-OH is 1. The van der Waals surface area contributed by atoms with Gasteiger partial charge in [-0.1, -0.05) is 6.92 Å². The molecule has 1 heterocycles. The summed E-state index contributed by atoms with van der Waals surface area (Å²) in [5.41, 5.74) is 5.62. The first kappa shape index (κ1) is 11.5. The van der Waals surface area contributed by atoms with E-state index < -0.39 is 0 Å². The zero-order valence-corrected chi connectivity index (χ0v) is 9.08. The lowest BCUT2D eigenvalue weighted by Gasteiger charge is -2.30. The fourth-order valence-electron chi connectivity index (χ4n) is 1.91. The van der Waals surface area contributed by atoms with E-state index in [0.29, 0.717) is 18.2 Å². The van der Waals surface area contributed by atoms with Crippen molar-refractivity contribution in [2.24, 2.45) is 11.7 Å². The van der Waals surface area contributed by atoms with Crippen LogP contribution < -0.4 is 5.73 Å². The Bertz CT molecular complexity index is 184. The van der Waals surface area contributed by atoms with Gasteiger partial charge in [0.1, 0.15) is 5.76 Å². The maximum absolute atomic E-state index is 9.52. The topological polar surface area (TPSA) is 49.5 Å². The number of nitrogens with two attached hydrogens (primary N) is 1. The Labute approximate surface area is 86.6 Å². The second-order valence-corrected chi connectivity index (χ2v) is 4.06. The van der Waals surface area contributed by atoms with Gasteiger partial charge >= 0.3 is 0 Å². The highest BCUT2D eigenvalue weighted by Crippen LogP contribution is 2.16. The van der Waals surface area contributed by atoms with E-state index in [4.69, 9.17) is 5.73 Å². The molecule has 0 radical (unpaired) electrons. The molecule has 3 heteroatoms. The van der Waals surface area contributed by atoms with Gasteiger partial charge in [-0.15, -0.1) is 0 Å².